The van der Waals surface area contributed by atoms with E-state index in [1.807, 2.05) is 6.08 Å². The Labute approximate surface area is 308 Å². The minimum Gasteiger partial charge on any atom is -0.502 e. The fourth-order valence-corrected chi connectivity index (χ4v) is 8.74. The minimum absolute atomic E-state index is 0.0266. The zero-order valence-electron chi connectivity index (χ0n) is 28.6. The van der Waals surface area contributed by atoms with Crippen LogP contribution in [0.1, 0.15) is 30.4 Å². The van der Waals surface area contributed by atoms with Crippen LogP contribution in [0.2, 0.25) is 5.02 Å². The third kappa shape index (κ3) is 5.79. The van der Waals surface area contributed by atoms with Crippen molar-refractivity contribution in [2.24, 2.45) is 29.6 Å². The summed E-state index contributed by atoms with van der Waals surface area (Å²) < 4.78 is 24.6. The number of rotatable bonds is 10. The summed E-state index contributed by atoms with van der Waals surface area (Å²) in [5, 5.41) is 21.2. The lowest BCUT2D eigenvalue weighted by atomic mass is 9.50. The third-order valence-corrected chi connectivity index (χ3v) is 11.2. The standard InChI is InChI=1S/C39H35ClFN3O9/c1-52-30-17-20(18-31(53-2)34(30)47)3-14-28-25-12-13-26-33(37(50)43(35(26)48)16-15-32(45)46)27(25)19-29-36(49)44(42-24-10-8-23(41)9-11-24)38(51)39(28,29)21-4-6-22(40)7-5-21/h3-12,14,17-18,26-29,33,42,47H,13,15-16,19H2,1-2H3,(H,45,46)/t26-,27+,28-,29-,33-,39-/m0/s1. The highest BCUT2D eigenvalue weighted by atomic mass is 35.5. The number of imide groups is 2. The molecule has 2 aliphatic heterocycles. The predicted molar refractivity (Wildman–Crippen MR) is 189 cm³/mol. The van der Waals surface area contributed by atoms with Gasteiger partial charge in [-0.15, -0.1) is 0 Å². The van der Waals surface area contributed by atoms with Gasteiger partial charge in [0.25, 0.3) is 11.8 Å². The number of hydrazine groups is 1. The van der Waals surface area contributed by atoms with E-state index in [0.717, 1.165) is 9.91 Å². The quantitative estimate of drug-likeness (QED) is 0.186. The molecule has 0 unspecified atom stereocenters. The Balaban J connectivity index is 1.41. The van der Waals surface area contributed by atoms with Crippen LogP contribution in [0.4, 0.5) is 10.1 Å². The van der Waals surface area contributed by atoms with Gasteiger partial charge in [0.05, 0.1) is 49.5 Å². The smallest absolute Gasteiger partial charge is 0.305 e. The second-order valence-electron chi connectivity index (χ2n) is 13.5. The van der Waals surface area contributed by atoms with Gasteiger partial charge in [0.2, 0.25) is 17.6 Å². The molecular weight excluding hydrogens is 709 g/mol. The fourth-order valence-electron chi connectivity index (χ4n) is 8.61. The number of methoxy groups -OCH3 is 2. The highest BCUT2D eigenvalue weighted by molar-refractivity contribution is 6.30. The molecule has 0 bridgehead atoms. The number of phenolic OH excluding ortho intramolecular Hbond substituents is 1. The Bertz CT molecular complexity index is 2060. The summed E-state index contributed by atoms with van der Waals surface area (Å²) in [5.74, 6) is -7.97. The molecule has 2 aliphatic carbocycles. The van der Waals surface area contributed by atoms with Crippen molar-refractivity contribution < 1.29 is 48.0 Å². The van der Waals surface area contributed by atoms with Crippen LogP contribution in [-0.2, 0) is 29.4 Å². The Kier molecular flexibility index (Phi) is 9.23. The summed E-state index contributed by atoms with van der Waals surface area (Å²) in [5.41, 5.74) is 3.29. The first-order valence-electron chi connectivity index (χ1n) is 17.0. The topological polar surface area (TPSA) is 163 Å². The number of aliphatic carboxylic acids is 1. The van der Waals surface area contributed by atoms with Crippen molar-refractivity contribution >= 4 is 53.0 Å². The van der Waals surface area contributed by atoms with Crippen molar-refractivity contribution in [3.8, 4) is 17.2 Å². The molecule has 53 heavy (non-hydrogen) atoms. The van der Waals surface area contributed by atoms with Crippen LogP contribution in [0.25, 0.3) is 6.08 Å². The van der Waals surface area contributed by atoms with Crippen LogP contribution in [0.5, 0.6) is 17.2 Å². The molecule has 14 heteroatoms. The van der Waals surface area contributed by atoms with Gasteiger partial charge < -0.3 is 19.7 Å². The number of benzene rings is 3. The fraction of sp³-hybridized carbons (Fsp3) is 0.308. The predicted octanol–water partition coefficient (Wildman–Crippen LogP) is 5.21. The molecule has 12 nitrogen and oxygen atoms in total. The Morgan fingerprint density at radius 1 is 0.981 bits per heavy atom. The van der Waals surface area contributed by atoms with Gasteiger partial charge >= 0.3 is 5.97 Å². The number of carbonyl (C=O) groups excluding carboxylic acids is 4. The lowest BCUT2D eigenvalue weighted by Gasteiger charge is -2.49. The summed E-state index contributed by atoms with van der Waals surface area (Å²) in [6.45, 7) is -0.277. The maximum Gasteiger partial charge on any atom is 0.305 e. The number of carboxylic acid groups (broad SMARTS) is 1. The molecule has 6 atom stereocenters. The van der Waals surface area contributed by atoms with Crippen LogP contribution in [0, 0.1) is 35.4 Å². The first-order valence-corrected chi connectivity index (χ1v) is 17.3. The van der Waals surface area contributed by atoms with Crippen LogP contribution >= 0.6 is 11.6 Å². The molecule has 274 valence electrons. The molecule has 3 aromatic carbocycles. The molecular formula is C39H35ClFN3O9. The Morgan fingerprint density at radius 2 is 1.64 bits per heavy atom. The molecule has 0 spiro atoms. The monoisotopic (exact) mass is 743 g/mol. The van der Waals surface area contributed by atoms with Crippen LogP contribution in [-0.4, -0.2) is 70.5 Å². The van der Waals surface area contributed by atoms with E-state index < -0.39 is 76.8 Å². The first-order chi connectivity index (χ1) is 25.4. The highest BCUT2D eigenvalue weighted by Gasteiger charge is 2.69. The lowest BCUT2D eigenvalue weighted by molar-refractivity contribution is -0.143. The number of fused-ring (bicyclic) bond motifs is 4. The number of nitrogens with zero attached hydrogens (tertiary/aromatic N) is 2. The average molecular weight is 744 g/mol. The maximum absolute atomic E-state index is 15.1. The van der Waals surface area contributed by atoms with Gasteiger partial charge in [0.15, 0.2) is 11.5 Å². The van der Waals surface area contributed by atoms with Crippen molar-refractivity contribution in [3.05, 3.63) is 100 Å². The highest BCUT2D eigenvalue weighted by Crippen LogP contribution is 2.61. The van der Waals surface area contributed by atoms with Gasteiger partial charge in [-0.3, -0.25) is 34.3 Å². The van der Waals surface area contributed by atoms with E-state index in [9.17, 15) is 33.8 Å². The minimum atomic E-state index is -1.58. The normalized spacial score (nSPS) is 26.3. The molecule has 3 aromatic rings. The van der Waals surface area contributed by atoms with E-state index >= 15 is 4.79 Å². The van der Waals surface area contributed by atoms with Gasteiger partial charge in [-0.05, 0) is 78.4 Å². The van der Waals surface area contributed by atoms with Crippen molar-refractivity contribution in [2.75, 3.05) is 26.2 Å². The molecule has 2 heterocycles. The Morgan fingerprint density at radius 3 is 2.26 bits per heavy atom. The lowest BCUT2D eigenvalue weighted by Crippen LogP contribution is -2.54. The first kappa shape index (κ1) is 35.7. The number of carbonyl (C=O) groups is 5. The SMILES string of the molecule is COc1cc(C=C[C@H]2C3=CC[C@@H]4C(=O)N(CCC(=O)O)C(=O)[C@@H]4[C@@H]3C[C@H]3C(=O)N(Nc4ccc(F)cc4)C(=O)[C@@]23c2ccc(Cl)cc2)cc(OC)c1O. The number of carboxylic acids is 1. The second kappa shape index (κ2) is 13.7. The molecule has 3 fully saturated rings. The molecule has 0 aromatic heterocycles. The summed E-state index contributed by atoms with van der Waals surface area (Å²) in [6, 6.07) is 15.0. The number of phenols is 1. The molecule has 1 saturated carbocycles. The number of hydrogen-bond donors (Lipinski definition) is 3. The van der Waals surface area contributed by atoms with Gasteiger partial charge in [0.1, 0.15) is 5.82 Å². The summed E-state index contributed by atoms with van der Waals surface area (Å²) in [6.07, 6.45) is 5.14. The van der Waals surface area contributed by atoms with Crippen molar-refractivity contribution in [1.29, 1.82) is 0 Å². The van der Waals surface area contributed by atoms with Gasteiger partial charge in [-0.2, -0.15) is 5.01 Å². The van der Waals surface area contributed by atoms with Crippen molar-refractivity contribution in [1.82, 2.24) is 9.91 Å². The number of nitrogens with one attached hydrogen (secondary N) is 1. The largest absolute Gasteiger partial charge is 0.502 e. The number of ether oxygens (including phenoxy) is 2. The molecule has 2 saturated heterocycles. The zero-order chi connectivity index (χ0) is 37.8. The van der Waals surface area contributed by atoms with Crippen LogP contribution in [0.15, 0.2) is 78.4 Å². The van der Waals surface area contributed by atoms with Crippen molar-refractivity contribution in [2.45, 2.75) is 24.7 Å². The molecule has 4 amide bonds. The second-order valence-corrected chi connectivity index (χ2v) is 14.0. The molecule has 7 rings (SSSR count). The van der Waals surface area contributed by atoms with Crippen molar-refractivity contribution in [3.63, 3.8) is 0 Å². The third-order valence-electron chi connectivity index (χ3n) is 10.9. The number of halogens is 2. The molecule has 0 radical (unpaired) electrons. The van der Waals surface area contributed by atoms with Gasteiger partial charge in [-0.1, -0.05) is 47.5 Å². The summed E-state index contributed by atoms with van der Waals surface area (Å²) in [4.78, 5) is 69.8. The average Bonchev–Trinajstić information content (AvgIpc) is 3.52. The summed E-state index contributed by atoms with van der Waals surface area (Å²) >= 11 is 6.33. The number of hydrogen-bond acceptors (Lipinski definition) is 9. The van der Waals surface area contributed by atoms with Gasteiger partial charge in [-0.25, -0.2) is 4.39 Å². The van der Waals surface area contributed by atoms with E-state index in [-0.39, 0.29) is 42.3 Å². The van der Waals surface area contributed by atoms with Crippen LogP contribution < -0.4 is 14.9 Å². The van der Waals surface area contributed by atoms with E-state index in [2.05, 4.69) is 5.43 Å². The number of allylic oxidation sites excluding steroid dienone is 3. The molecule has 3 N–H and O–H groups in total. The van der Waals surface area contributed by atoms with Crippen LogP contribution in [0.3, 0.4) is 0 Å². The maximum atomic E-state index is 15.1. The van der Waals surface area contributed by atoms with Gasteiger partial charge in [0, 0.05) is 17.5 Å². The van der Waals surface area contributed by atoms with E-state index in [1.54, 1.807) is 48.6 Å². The zero-order valence-corrected chi connectivity index (χ0v) is 29.4. The number of likely N-dealkylation sites (tertiary alicyclic amines) is 1. The van der Waals surface area contributed by atoms with E-state index in [1.165, 1.54) is 38.5 Å². The number of anilines is 1. The number of aromatic hydroxyl groups is 1. The number of amides is 4. The van der Waals surface area contributed by atoms with E-state index in [4.69, 9.17) is 21.1 Å². The van der Waals surface area contributed by atoms with E-state index in [0.29, 0.717) is 21.7 Å². The Hall–Kier alpha value is -5.69. The summed E-state index contributed by atoms with van der Waals surface area (Å²) in [7, 11) is 2.78. The molecule has 4 aliphatic rings.